The number of halogens is 1. The number of carbonyl (C=O) groups excluding carboxylic acids is 1. The Balaban J connectivity index is 1.58. The van der Waals surface area contributed by atoms with E-state index in [-0.39, 0.29) is 16.9 Å². The third-order valence-corrected chi connectivity index (χ3v) is 5.26. The molecule has 0 aliphatic rings. The van der Waals surface area contributed by atoms with E-state index < -0.39 is 5.25 Å². The smallest absolute Gasteiger partial charge is 0.277 e. The molecule has 0 saturated carbocycles. The second kappa shape index (κ2) is 8.32. The number of rotatable bonds is 6. The standard InChI is InChI=1S/C21H16FN3O3S/c1-13-17(11-12-27-13)20-24-25-21(28-20)29-18(14-5-3-2-4-6-14)19(26)23-16-9-7-15(22)8-10-16/h2-12,18H,1H3,(H,23,26)/t18-/m1/s1. The van der Waals surface area contributed by atoms with Crippen LogP contribution in [0.4, 0.5) is 10.1 Å². The van der Waals surface area contributed by atoms with E-state index in [9.17, 15) is 9.18 Å². The molecule has 0 spiro atoms. The molecule has 1 amide bonds. The molecule has 2 aromatic carbocycles. The van der Waals surface area contributed by atoms with E-state index in [1.54, 1.807) is 19.3 Å². The number of hydrogen-bond donors (Lipinski definition) is 1. The summed E-state index contributed by atoms with van der Waals surface area (Å²) in [6, 6.07) is 16.6. The van der Waals surface area contributed by atoms with Crippen molar-refractivity contribution in [3.63, 3.8) is 0 Å². The van der Waals surface area contributed by atoms with Crippen molar-refractivity contribution in [1.29, 1.82) is 0 Å². The number of anilines is 1. The summed E-state index contributed by atoms with van der Waals surface area (Å²) in [5, 5.41) is 10.5. The lowest BCUT2D eigenvalue weighted by molar-refractivity contribution is -0.115. The predicted octanol–water partition coefficient (Wildman–Crippen LogP) is 5.25. The fourth-order valence-corrected chi connectivity index (χ4v) is 3.59. The van der Waals surface area contributed by atoms with Crippen molar-refractivity contribution in [2.75, 3.05) is 5.32 Å². The Bertz CT molecular complexity index is 1110. The van der Waals surface area contributed by atoms with Crippen LogP contribution in [0.25, 0.3) is 11.5 Å². The molecule has 0 unspecified atom stereocenters. The van der Waals surface area contributed by atoms with Crippen LogP contribution in [0.2, 0.25) is 0 Å². The van der Waals surface area contributed by atoms with Crippen LogP contribution < -0.4 is 5.32 Å². The number of thioether (sulfide) groups is 1. The summed E-state index contributed by atoms with van der Waals surface area (Å²) < 4.78 is 24.1. The van der Waals surface area contributed by atoms with Crippen LogP contribution >= 0.6 is 11.8 Å². The number of benzene rings is 2. The van der Waals surface area contributed by atoms with Crippen molar-refractivity contribution in [2.24, 2.45) is 0 Å². The van der Waals surface area contributed by atoms with E-state index in [1.165, 1.54) is 24.3 Å². The maximum atomic E-state index is 13.1. The van der Waals surface area contributed by atoms with Gasteiger partial charge in [0.05, 0.1) is 11.8 Å². The summed E-state index contributed by atoms with van der Waals surface area (Å²) in [6.45, 7) is 1.80. The zero-order valence-electron chi connectivity index (χ0n) is 15.3. The van der Waals surface area contributed by atoms with E-state index in [2.05, 4.69) is 15.5 Å². The number of nitrogens with one attached hydrogen (secondary N) is 1. The fourth-order valence-electron chi connectivity index (χ4n) is 2.72. The number of hydrogen-bond acceptors (Lipinski definition) is 6. The topological polar surface area (TPSA) is 81.2 Å². The van der Waals surface area contributed by atoms with Crippen molar-refractivity contribution < 1.29 is 18.0 Å². The quantitative estimate of drug-likeness (QED) is 0.438. The maximum absolute atomic E-state index is 13.1. The molecule has 1 N–H and O–H groups in total. The van der Waals surface area contributed by atoms with E-state index >= 15 is 0 Å². The molecular formula is C21H16FN3O3S. The summed E-state index contributed by atoms with van der Waals surface area (Å²) in [5.41, 5.74) is 1.98. The number of nitrogens with zero attached hydrogens (tertiary/aromatic N) is 2. The monoisotopic (exact) mass is 409 g/mol. The molecule has 0 fully saturated rings. The van der Waals surface area contributed by atoms with Gasteiger partial charge in [-0.3, -0.25) is 4.79 Å². The second-order valence-electron chi connectivity index (χ2n) is 6.17. The molecule has 2 aromatic heterocycles. The Hall–Kier alpha value is -3.39. The van der Waals surface area contributed by atoms with Gasteiger partial charge in [0, 0.05) is 5.69 Å². The van der Waals surface area contributed by atoms with Crippen LogP contribution in [0.15, 0.2) is 81.0 Å². The van der Waals surface area contributed by atoms with Gasteiger partial charge < -0.3 is 14.2 Å². The SMILES string of the molecule is Cc1occc1-c1nnc(S[C@@H](C(=O)Nc2ccc(F)cc2)c2ccccc2)o1. The molecule has 8 heteroatoms. The molecule has 0 aliphatic carbocycles. The predicted molar refractivity (Wildman–Crippen MR) is 107 cm³/mol. The zero-order valence-corrected chi connectivity index (χ0v) is 16.2. The number of furan rings is 1. The van der Waals surface area contributed by atoms with Crippen LogP contribution in [0, 0.1) is 12.7 Å². The number of carbonyl (C=O) groups is 1. The fraction of sp³-hybridized carbons (Fsp3) is 0.0952. The molecule has 4 aromatic rings. The van der Waals surface area contributed by atoms with Crippen LogP contribution in [0.3, 0.4) is 0 Å². The molecule has 0 aliphatic heterocycles. The summed E-state index contributed by atoms with van der Waals surface area (Å²) in [4.78, 5) is 13.0. The maximum Gasteiger partial charge on any atom is 0.277 e. The first-order chi connectivity index (χ1) is 14.1. The number of aryl methyl sites for hydroxylation is 1. The summed E-state index contributed by atoms with van der Waals surface area (Å²) in [7, 11) is 0. The zero-order chi connectivity index (χ0) is 20.2. The molecule has 2 heterocycles. The molecule has 4 rings (SSSR count). The van der Waals surface area contributed by atoms with Gasteiger partial charge in [0.15, 0.2) is 0 Å². The van der Waals surface area contributed by atoms with Crippen molar-refractivity contribution in [3.8, 4) is 11.5 Å². The van der Waals surface area contributed by atoms with Crippen molar-refractivity contribution in [2.45, 2.75) is 17.4 Å². The minimum Gasteiger partial charge on any atom is -0.469 e. The van der Waals surface area contributed by atoms with Crippen LogP contribution in [-0.2, 0) is 4.79 Å². The average molecular weight is 409 g/mol. The molecular weight excluding hydrogens is 393 g/mol. The van der Waals surface area contributed by atoms with Gasteiger partial charge in [-0.15, -0.1) is 10.2 Å². The highest BCUT2D eigenvalue weighted by atomic mass is 32.2. The first kappa shape index (κ1) is 18.9. The second-order valence-corrected chi connectivity index (χ2v) is 7.22. The van der Waals surface area contributed by atoms with Gasteiger partial charge in [-0.25, -0.2) is 4.39 Å². The summed E-state index contributed by atoms with van der Waals surface area (Å²) >= 11 is 1.14. The normalized spacial score (nSPS) is 11.9. The lowest BCUT2D eigenvalue weighted by Crippen LogP contribution is -2.19. The number of amides is 1. The van der Waals surface area contributed by atoms with Gasteiger partial charge in [0.2, 0.25) is 5.91 Å². The molecule has 0 bridgehead atoms. The Kier molecular flexibility index (Phi) is 5.44. The van der Waals surface area contributed by atoms with E-state index in [0.717, 1.165) is 17.3 Å². The Morgan fingerprint density at radius 1 is 1.07 bits per heavy atom. The van der Waals surface area contributed by atoms with Gasteiger partial charge in [-0.1, -0.05) is 30.3 Å². The molecule has 0 radical (unpaired) electrons. The van der Waals surface area contributed by atoms with Gasteiger partial charge >= 0.3 is 0 Å². The minimum atomic E-state index is -0.639. The lowest BCUT2D eigenvalue weighted by Gasteiger charge is -2.15. The molecule has 6 nitrogen and oxygen atoms in total. The largest absolute Gasteiger partial charge is 0.469 e. The Labute approximate surface area is 170 Å². The minimum absolute atomic E-state index is 0.253. The molecule has 0 saturated heterocycles. The Morgan fingerprint density at radius 3 is 2.52 bits per heavy atom. The number of aromatic nitrogens is 2. The van der Waals surface area contributed by atoms with Crippen LogP contribution in [0.5, 0.6) is 0 Å². The first-order valence-corrected chi connectivity index (χ1v) is 9.64. The van der Waals surface area contributed by atoms with Crippen LogP contribution in [0.1, 0.15) is 16.6 Å². The van der Waals surface area contributed by atoms with Gasteiger partial charge in [-0.2, -0.15) is 0 Å². The molecule has 1 atom stereocenters. The summed E-state index contributed by atoms with van der Waals surface area (Å²) in [6.07, 6.45) is 1.55. The van der Waals surface area contributed by atoms with E-state index in [4.69, 9.17) is 8.83 Å². The van der Waals surface area contributed by atoms with Gasteiger partial charge in [-0.05, 0) is 54.6 Å². The lowest BCUT2D eigenvalue weighted by atomic mass is 10.1. The highest BCUT2D eigenvalue weighted by molar-refractivity contribution is 8.00. The van der Waals surface area contributed by atoms with E-state index in [0.29, 0.717) is 22.9 Å². The van der Waals surface area contributed by atoms with E-state index in [1.807, 2.05) is 30.3 Å². The highest BCUT2D eigenvalue weighted by Crippen LogP contribution is 2.37. The molecule has 146 valence electrons. The van der Waals surface area contributed by atoms with Crippen molar-refractivity contribution in [1.82, 2.24) is 10.2 Å². The van der Waals surface area contributed by atoms with Crippen LogP contribution in [-0.4, -0.2) is 16.1 Å². The third-order valence-electron chi connectivity index (χ3n) is 4.17. The average Bonchev–Trinajstić information content (AvgIpc) is 3.37. The first-order valence-electron chi connectivity index (χ1n) is 8.76. The van der Waals surface area contributed by atoms with Gasteiger partial charge in [0.1, 0.15) is 16.8 Å². The molecule has 29 heavy (non-hydrogen) atoms. The third kappa shape index (κ3) is 4.38. The highest BCUT2D eigenvalue weighted by Gasteiger charge is 2.25. The Morgan fingerprint density at radius 2 is 1.83 bits per heavy atom. The summed E-state index contributed by atoms with van der Waals surface area (Å²) in [5.74, 6) is 0.334. The van der Waals surface area contributed by atoms with Gasteiger partial charge in [0.25, 0.3) is 11.1 Å². The van der Waals surface area contributed by atoms with Crippen molar-refractivity contribution in [3.05, 3.63) is 84.1 Å². The van der Waals surface area contributed by atoms with Crippen molar-refractivity contribution >= 4 is 23.4 Å².